The number of para-hydroxylation sites is 1. The molecule has 0 atom stereocenters. The molecule has 0 saturated heterocycles. The number of carbonyl (C=O) groups excluding carboxylic acids is 1. The van der Waals surface area contributed by atoms with Gasteiger partial charge in [0.05, 0.1) is 16.3 Å². The van der Waals surface area contributed by atoms with Crippen molar-refractivity contribution in [1.82, 2.24) is 14.1 Å². The number of hydrogen-bond donors (Lipinski definition) is 2. The molecule has 1 heterocycles. The summed E-state index contributed by atoms with van der Waals surface area (Å²) < 4.78 is 30.7. The molecule has 0 spiro atoms. The van der Waals surface area contributed by atoms with Crippen LogP contribution in [0.2, 0.25) is 0 Å². The van der Waals surface area contributed by atoms with Crippen LogP contribution in [0.25, 0.3) is 5.69 Å². The van der Waals surface area contributed by atoms with Gasteiger partial charge in [-0.15, -0.1) is 0 Å². The molecule has 1 amide bonds. The predicted octanol–water partition coefficient (Wildman–Crippen LogP) is 2.41. The van der Waals surface area contributed by atoms with Crippen molar-refractivity contribution in [3.8, 4) is 5.69 Å². The Morgan fingerprint density at radius 1 is 1.03 bits per heavy atom. The topological polar surface area (TPSA) is 102 Å². The van der Waals surface area contributed by atoms with Crippen LogP contribution in [-0.4, -0.2) is 30.2 Å². The molecular formula is C22H26N4O4S. The van der Waals surface area contributed by atoms with Gasteiger partial charge in [0, 0.05) is 20.0 Å². The van der Waals surface area contributed by atoms with Gasteiger partial charge in [0.2, 0.25) is 15.9 Å². The Labute approximate surface area is 181 Å². The van der Waals surface area contributed by atoms with Crippen molar-refractivity contribution in [2.75, 3.05) is 11.9 Å². The van der Waals surface area contributed by atoms with Crippen LogP contribution in [0.4, 0.5) is 5.69 Å². The quantitative estimate of drug-likeness (QED) is 0.587. The van der Waals surface area contributed by atoms with Gasteiger partial charge in [-0.1, -0.05) is 30.3 Å². The third-order valence-corrected chi connectivity index (χ3v) is 6.70. The van der Waals surface area contributed by atoms with E-state index in [-0.39, 0.29) is 29.1 Å². The maximum atomic E-state index is 12.8. The fraction of sp³-hybridized carbons (Fsp3) is 0.273. The Morgan fingerprint density at radius 3 is 2.39 bits per heavy atom. The van der Waals surface area contributed by atoms with Gasteiger partial charge in [-0.25, -0.2) is 17.8 Å². The molecule has 0 fully saturated rings. The zero-order valence-corrected chi connectivity index (χ0v) is 18.8. The molecule has 0 aliphatic heterocycles. The number of hydrogen-bond acceptors (Lipinski definition) is 4. The maximum Gasteiger partial charge on any atom is 0.295 e. The first-order valence-corrected chi connectivity index (χ1v) is 11.3. The number of sulfonamides is 1. The molecular weight excluding hydrogens is 416 g/mol. The fourth-order valence-electron chi connectivity index (χ4n) is 3.29. The van der Waals surface area contributed by atoms with Gasteiger partial charge in [-0.2, -0.15) is 0 Å². The van der Waals surface area contributed by atoms with Gasteiger partial charge in [0.1, 0.15) is 5.69 Å². The highest BCUT2D eigenvalue weighted by molar-refractivity contribution is 7.89. The molecule has 0 saturated carbocycles. The lowest BCUT2D eigenvalue weighted by Crippen LogP contribution is -2.29. The van der Waals surface area contributed by atoms with Gasteiger partial charge in [0.25, 0.3) is 5.56 Å². The smallest absolute Gasteiger partial charge is 0.295 e. The first-order valence-electron chi connectivity index (χ1n) is 9.82. The van der Waals surface area contributed by atoms with E-state index in [1.165, 1.54) is 4.68 Å². The largest absolute Gasteiger partial charge is 0.320 e. The van der Waals surface area contributed by atoms with E-state index in [1.807, 2.05) is 31.2 Å². The average molecular weight is 443 g/mol. The van der Waals surface area contributed by atoms with Crippen molar-refractivity contribution in [2.45, 2.75) is 32.1 Å². The zero-order valence-electron chi connectivity index (χ0n) is 18.0. The van der Waals surface area contributed by atoms with Crippen molar-refractivity contribution in [3.63, 3.8) is 0 Å². The molecule has 164 valence electrons. The zero-order chi connectivity index (χ0) is 22.8. The third kappa shape index (κ3) is 4.78. The highest BCUT2D eigenvalue weighted by Crippen LogP contribution is 2.17. The van der Waals surface area contributed by atoms with Gasteiger partial charge in [-0.3, -0.25) is 14.3 Å². The molecule has 31 heavy (non-hydrogen) atoms. The monoisotopic (exact) mass is 442 g/mol. The Balaban J connectivity index is 1.70. The normalized spacial score (nSPS) is 11.5. The Hall–Kier alpha value is -3.17. The molecule has 0 bridgehead atoms. The summed E-state index contributed by atoms with van der Waals surface area (Å²) in [5, 5.41) is 2.63. The van der Waals surface area contributed by atoms with Crippen LogP contribution < -0.4 is 15.6 Å². The van der Waals surface area contributed by atoms with Crippen LogP contribution in [0, 0.1) is 20.8 Å². The van der Waals surface area contributed by atoms with Crippen LogP contribution in [0.5, 0.6) is 0 Å². The highest BCUT2D eigenvalue weighted by atomic mass is 32.2. The third-order valence-electron chi connectivity index (χ3n) is 5.10. The summed E-state index contributed by atoms with van der Waals surface area (Å²) in [4.78, 5) is 25.5. The summed E-state index contributed by atoms with van der Waals surface area (Å²) in [6.45, 7) is 5.19. The second-order valence-electron chi connectivity index (χ2n) is 7.40. The summed E-state index contributed by atoms with van der Waals surface area (Å²) in [6, 6.07) is 14.3. The molecule has 0 radical (unpaired) electrons. The second-order valence-corrected chi connectivity index (χ2v) is 9.14. The molecule has 8 nitrogen and oxygen atoms in total. The van der Waals surface area contributed by atoms with Crippen LogP contribution in [0.15, 0.2) is 58.2 Å². The summed E-state index contributed by atoms with van der Waals surface area (Å²) in [6.07, 6.45) is -0.108. The SMILES string of the molecule is Cc1ccc(C)c(S(=O)(=O)NCCC(=O)Nc2c(C)n(C)n(-c3ccccc3)c2=O)c1. The molecule has 2 N–H and O–H groups in total. The van der Waals surface area contributed by atoms with E-state index < -0.39 is 15.9 Å². The van der Waals surface area contributed by atoms with E-state index in [1.54, 1.807) is 49.8 Å². The van der Waals surface area contributed by atoms with E-state index in [4.69, 9.17) is 0 Å². The van der Waals surface area contributed by atoms with Crippen molar-refractivity contribution < 1.29 is 13.2 Å². The van der Waals surface area contributed by atoms with E-state index in [0.717, 1.165) is 5.56 Å². The van der Waals surface area contributed by atoms with Crippen molar-refractivity contribution in [2.24, 2.45) is 7.05 Å². The van der Waals surface area contributed by atoms with Crippen LogP contribution in [0.3, 0.4) is 0 Å². The van der Waals surface area contributed by atoms with Crippen molar-refractivity contribution >= 4 is 21.6 Å². The number of carbonyl (C=O) groups is 1. The number of amides is 1. The van der Waals surface area contributed by atoms with Gasteiger partial charge < -0.3 is 5.32 Å². The lowest BCUT2D eigenvalue weighted by Gasteiger charge is -2.10. The van der Waals surface area contributed by atoms with Crippen molar-refractivity contribution in [3.05, 3.63) is 75.7 Å². The van der Waals surface area contributed by atoms with E-state index in [9.17, 15) is 18.0 Å². The van der Waals surface area contributed by atoms with Crippen LogP contribution in [-0.2, 0) is 21.9 Å². The van der Waals surface area contributed by atoms with Crippen LogP contribution >= 0.6 is 0 Å². The van der Waals surface area contributed by atoms with Crippen molar-refractivity contribution in [1.29, 1.82) is 0 Å². The Bertz CT molecular complexity index is 1270. The average Bonchev–Trinajstić information content (AvgIpc) is 2.93. The van der Waals surface area contributed by atoms with E-state index in [2.05, 4.69) is 10.0 Å². The number of rotatable bonds is 7. The molecule has 0 unspecified atom stereocenters. The highest BCUT2D eigenvalue weighted by Gasteiger charge is 2.20. The minimum Gasteiger partial charge on any atom is -0.320 e. The molecule has 2 aromatic carbocycles. The first kappa shape index (κ1) is 22.5. The lowest BCUT2D eigenvalue weighted by molar-refractivity contribution is -0.116. The van der Waals surface area contributed by atoms with E-state index >= 15 is 0 Å². The molecule has 1 aromatic heterocycles. The minimum absolute atomic E-state index is 0.0830. The molecule has 9 heteroatoms. The number of anilines is 1. The minimum atomic E-state index is -3.74. The lowest BCUT2D eigenvalue weighted by atomic mass is 10.2. The fourth-order valence-corrected chi connectivity index (χ4v) is 4.65. The molecule has 0 aliphatic carbocycles. The van der Waals surface area contributed by atoms with Gasteiger partial charge in [0.15, 0.2) is 0 Å². The summed E-state index contributed by atoms with van der Waals surface area (Å²) in [5.74, 6) is -0.449. The predicted molar refractivity (Wildman–Crippen MR) is 120 cm³/mol. The standard InChI is InChI=1S/C22H26N4O4S/c1-15-10-11-16(2)19(14-15)31(29,30)23-13-12-20(27)24-21-17(3)25(4)26(22(21)28)18-8-6-5-7-9-18/h5-11,14,23H,12-13H2,1-4H3,(H,24,27). The molecule has 0 aliphatic rings. The Kier molecular flexibility index (Phi) is 6.47. The molecule has 3 aromatic rings. The van der Waals surface area contributed by atoms with Crippen LogP contribution in [0.1, 0.15) is 23.2 Å². The number of nitrogens with one attached hydrogen (secondary N) is 2. The van der Waals surface area contributed by atoms with E-state index in [0.29, 0.717) is 16.9 Å². The summed E-state index contributed by atoms with van der Waals surface area (Å²) in [5.41, 5.74) is 2.56. The number of aromatic nitrogens is 2. The number of benzene rings is 2. The number of aryl methyl sites for hydroxylation is 2. The maximum absolute atomic E-state index is 12.8. The second kappa shape index (κ2) is 8.91. The summed E-state index contributed by atoms with van der Waals surface area (Å²) in [7, 11) is -2.00. The summed E-state index contributed by atoms with van der Waals surface area (Å²) >= 11 is 0. The Morgan fingerprint density at radius 2 is 1.71 bits per heavy atom. The van der Waals surface area contributed by atoms with Gasteiger partial charge in [-0.05, 0) is 50.1 Å². The first-order chi connectivity index (χ1) is 14.6. The molecule has 3 rings (SSSR count). The van der Waals surface area contributed by atoms with Gasteiger partial charge >= 0.3 is 0 Å². The number of nitrogens with zero attached hydrogens (tertiary/aromatic N) is 2.